The first-order valence-corrected chi connectivity index (χ1v) is 9.56. The van der Waals surface area contributed by atoms with Crippen LogP contribution in [0.1, 0.15) is 10.4 Å². The molecular weight excluding hydrogens is 378 g/mol. The minimum absolute atomic E-state index is 0.000354. The van der Waals surface area contributed by atoms with Crippen LogP contribution in [0.3, 0.4) is 0 Å². The second-order valence-corrected chi connectivity index (χ2v) is 7.32. The van der Waals surface area contributed by atoms with Crippen molar-refractivity contribution in [2.45, 2.75) is 11.3 Å². The van der Waals surface area contributed by atoms with Crippen LogP contribution in [-0.2, 0) is 14.8 Å². The molecule has 1 amide bonds. The molecule has 2 aromatic rings. The van der Waals surface area contributed by atoms with Crippen molar-refractivity contribution in [3.05, 3.63) is 60.2 Å². The molecule has 0 saturated heterocycles. The van der Waals surface area contributed by atoms with Crippen LogP contribution in [0.4, 0.5) is 14.5 Å². The van der Waals surface area contributed by atoms with Gasteiger partial charge in [0.05, 0.1) is 18.0 Å². The molecule has 27 heavy (non-hydrogen) atoms. The van der Waals surface area contributed by atoms with E-state index in [1.165, 1.54) is 43.5 Å². The molecule has 0 aliphatic rings. The van der Waals surface area contributed by atoms with Crippen molar-refractivity contribution in [1.29, 1.82) is 0 Å². The Balaban J connectivity index is 2.21. The third-order valence-electron chi connectivity index (χ3n) is 3.63. The third kappa shape index (κ3) is 6.00. The van der Waals surface area contributed by atoms with Crippen molar-refractivity contribution >= 4 is 21.6 Å². The molecule has 0 fully saturated rings. The molecule has 6 nitrogen and oxygen atoms in total. The maximum Gasteiger partial charge on any atom is 0.261 e. The fourth-order valence-electron chi connectivity index (χ4n) is 2.36. The molecule has 0 atom stereocenters. The zero-order valence-corrected chi connectivity index (χ0v) is 15.5. The third-order valence-corrected chi connectivity index (χ3v) is 5.02. The zero-order chi connectivity index (χ0) is 19.9. The quantitative estimate of drug-likeness (QED) is 0.705. The van der Waals surface area contributed by atoms with Crippen molar-refractivity contribution in [2.75, 3.05) is 31.5 Å². The Labute approximate surface area is 156 Å². The number of carbonyl (C=O) groups excluding carboxylic acids is 1. The number of sulfonamides is 1. The van der Waals surface area contributed by atoms with Gasteiger partial charge in [-0.05, 0) is 30.3 Å². The van der Waals surface area contributed by atoms with E-state index in [4.69, 9.17) is 4.74 Å². The highest BCUT2D eigenvalue weighted by Crippen LogP contribution is 2.18. The number of alkyl halides is 2. The van der Waals surface area contributed by atoms with Crippen LogP contribution in [0.15, 0.2) is 59.5 Å². The summed E-state index contributed by atoms with van der Waals surface area (Å²) in [5.41, 5.74) is 0.258. The lowest BCUT2D eigenvalue weighted by molar-refractivity contribution is 0.0478. The Hall–Kier alpha value is -2.52. The first kappa shape index (κ1) is 20.8. The van der Waals surface area contributed by atoms with E-state index in [1.54, 1.807) is 18.2 Å². The van der Waals surface area contributed by atoms with Crippen LogP contribution in [0.25, 0.3) is 0 Å². The van der Waals surface area contributed by atoms with Crippen molar-refractivity contribution < 1.29 is 26.7 Å². The number of hydrogen-bond donors (Lipinski definition) is 1. The molecule has 0 heterocycles. The molecule has 0 saturated carbocycles. The van der Waals surface area contributed by atoms with Gasteiger partial charge in [-0.3, -0.25) is 9.52 Å². The zero-order valence-electron chi connectivity index (χ0n) is 14.6. The van der Waals surface area contributed by atoms with E-state index in [2.05, 4.69) is 4.72 Å². The van der Waals surface area contributed by atoms with E-state index in [0.29, 0.717) is 0 Å². The number of rotatable bonds is 9. The molecule has 146 valence electrons. The van der Waals surface area contributed by atoms with Crippen LogP contribution in [-0.4, -0.2) is 52.5 Å². The standard InChI is InChI=1S/C18H20F2N2O4S/c1-26-11-10-22(13-17(19)20)18(23)14-6-5-7-15(12-14)21-27(24,25)16-8-3-2-4-9-16/h2-9,12,17,21H,10-11,13H2,1H3. The molecule has 0 radical (unpaired) electrons. The van der Waals surface area contributed by atoms with E-state index in [9.17, 15) is 22.0 Å². The summed E-state index contributed by atoms with van der Waals surface area (Å²) >= 11 is 0. The predicted molar refractivity (Wildman–Crippen MR) is 97.5 cm³/mol. The number of nitrogens with zero attached hydrogens (tertiary/aromatic N) is 1. The lowest BCUT2D eigenvalue weighted by Crippen LogP contribution is -2.37. The molecule has 2 rings (SSSR count). The van der Waals surface area contributed by atoms with Gasteiger partial charge in [-0.25, -0.2) is 17.2 Å². The van der Waals surface area contributed by atoms with Gasteiger partial charge in [0.2, 0.25) is 0 Å². The average Bonchev–Trinajstić information content (AvgIpc) is 2.65. The summed E-state index contributed by atoms with van der Waals surface area (Å²) in [4.78, 5) is 13.6. The van der Waals surface area contributed by atoms with Crippen LogP contribution in [0, 0.1) is 0 Å². The van der Waals surface area contributed by atoms with Crippen molar-refractivity contribution in [1.82, 2.24) is 4.90 Å². The molecule has 0 unspecified atom stereocenters. The monoisotopic (exact) mass is 398 g/mol. The Morgan fingerprint density at radius 2 is 1.85 bits per heavy atom. The minimum Gasteiger partial charge on any atom is -0.383 e. The van der Waals surface area contributed by atoms with E-state index >= 15 is 0 Å². The molecule has 9 heteroatoms. The van der Waals surface area contributed by atoms with Gasteiger partial charge in [0.1, 0.15) is 0 Å². The number of benzene rings is 2. The van der Waals surface area contributed by atoms with E-state index < -0.39 is 28.9 Å². The normalized spacial score (nSPS) is 11.4. The lowest BCUT2D eigenvalue weighted by Gasteiger charge is -2.22. The number of carbonyl (C=O) groups is 1. The van der Waals surface area contributed by atoms with Gasteiger partial charge >= 0.3 is 0 Å². The van der Waals surface area contributed by atoms with E-state index in [-0.39, 0.29) is 29.3 Å². The molecular formula is C18H20F2N2O4S. The lowest BCUT2D eigenvalue weighted by atomic mass is 10.2. The van der Waals surface area contributed by atoms with Crippen LogP contribution in [0.5, 0.6) is 0 Å². The van der Waals surface area contributed by atoms with Gasteiger partial charge in [0.25, 0.3) is 22.4 Å². The molecule has 0 aromatic heterocycles. The summed E-state index contributed by atoms with van der Waals surface area (Å²) in [6.07, 6.45) is -2.69. The summed E-state index contributed by atoms with van der Waals surface area (Å²) in [5.74, 6) is -0.631. The van der Waals surface area contributed by atoms with Crippen molar-refractivity contribution in [3.8, 4) is 0 Å². The fourth-order valence-corrected chi connectivity index (χ4v) is 3.43. The first-order chi connectivity index (χ1) is 12.8. The Morgan fingerprint density at radius 3 is 2.48 bits per heavy atom. The number of halogens is 2. The summed E-state index contributed by atoms with van der Waals surface area (Å²) in [7, 11) is -2.42. The van der Waals surface area contributed by atoms with Crippen LogP contribution < -0.4 is 4.72 Å². The van der Waals surface area contributed by atoms with Gasteiger partial charge in [0, 0.05) is 24.9 Å². The minimum atomic E-state index is -3.82. The molecule has 0 aliphatic carbocycles. The van der Waals surface area contributed by atoms with Gasteiger partial charge in [-0.15, -0.1) is 0 Å². The molecule has 2 aromatic carbocycles. The van der Waals surface area contributed by atoms with E-state index in [1.807, 2.05) is 0 Å². The Morgan fingerprint density at radius 1 is 1.15 bits per heavy atom. The first-order valence-electron chi connectivity index (χ1n) is 8.08. The molecule has 0 bridgehead atoms. The summed E-state index contributed by atoms with van der Waals surface area (Å²) < 4.78 is 57.5. The maximum absolute atomic E-state index is 12.8. The highest BCUT2D eigenvalue weighted by molar-refractivity contribution is 7.92. The summed E-state index contributed by atoms with van der Waals surface area (Å²) in [5, 5.41) is 0. The number of amides is 1. The largest absolute Gasteiger partial charge is 0.383 e. The van der Waals surface area contributed by atoms with Crippen LogP contribution in [0.2, 0.25) is 0 Å². The number of ether oxygens (including phenoxy) is 1. The summed E-state index contributed by atoms with van der Waals surface area (Å²) in [6.45, 7) is -0.624. The SMILES string of the molecule is COCCN(CC(F)F)C(=O)c1cccc(NS(=O)(=O)c2ccccc2)c1. The second kappa shape index (κ2) is 9.43. The van der Waals surface area contributed by atoms with Crippen LogP contribution >= 0.6 is 0 Å². The predicted octanol–water partition coefficient (Wildman–Crippen LogP) is 2.84. The topological polar surface area (TPSA) is 75.7 Å². The maximum atomic E-state index is 12.8. The Kier molecular flexibility index (Phi) is 7.26. The molecule has 0 spiro atoms. The molecule has 1 N–H and O–H groups in total. The smallest absolute Gasteiger partial charge is 0.261 e. The second-order valence-electron chi connectivity index (χ2n) is 5.63. The van der Waals surface area contributed by atoms with Crippen molar-refractivity contribution in [3.63, 3.8) is 0 Å². The summed E-state index contributed by atoms with van der Waals surface area (Å²) in [6, 6.07) is 13.5. The van der Waals surface area contributed by atoms with Gasteiger partial charge < -0.3 is 9.64 Å². The molecule has 0 aliphatic heterocycles. The van der Waals surface area contributed by atoms with Crippen molar-refractivity contribution in [2.24, 2.45) is 0 Å². The fraction of sp³-hybridized carbons (Fsp3) is 0.278. The Bertz CT molecular complexity index is 861. The number of hydrogen-bond acceptors (Lipinski definition) is 4. The average molecular weight is 398 g/mol. The highest BCUT2D eigenvalue weighted by atomic mass is 32.2. The van der Waals surface area contributed by atoms with Gasteiger partial charge in [-0.1, -0.05) is 24.3 Å². The number of methoxy groups -OCH3 is 1. The number of nitrogens with one attached hydrogen (secondary N) is 1. The number of anilines is 1. The van der Waals surface area contributed by atoms with Gasteiger partial charge in [-0.2, -0.15) is 0 Å². The highest BCUT2D eigenvalue weighted by Gasteiger charge is 2.20. The van der Waals surface area contributed by atoms with Gasteiger partial charge in [0.15, 0.2) is 0 Å². The van der Waals surface area contributed by atoms with E-state index in [0.717, 1.165) is 4.90 Å².